The summed E-state index contributed by atoms with van der Waals surface area (Å²) in [5.41, 5.74) is 2.70. The van der Waals surface area contributed by atoms with Crippen molar-refractivity contribution in [3.05, 3.63) is 97.7 Å². The minimum atomic E-state index is -0.584. The maximum atomic E-state index is 13.4. The number of nitrogens with zero attached hydrogens (tertiary/aromatic N) is 4. The first-order valence-corrected chi connectivity index (χ1v) is 16.2. The van der Waals surface area contributed by atoms with E-state index in [0.717, 1.165) is 35.3 Å². The third-order valence-electron chi connectivity index (χ3n) is 7.30. The first-order valence-electron chi connectivity index (χ1n) is 14.5. The molecule has 0 spiro atoms. The van der Waals surface area contributed by atoms with Gasteiger partial charge in [0.25, 0.3) is 11.6 Å². The quantitative estimate of drug-likeness (QED) is 0.0860. The molecule has 2 aromatic carbocycles. The van der Waals surface area contributed by atoms with E-state index < -0.39 is 22.0 Å². The van der Waals surface area contributed by atoms with Gasteiger partial charge in [-0.3, -0.25) is 19.7 Å². The summed E-state index contributed by atoms with van der Waals surface area (Å²) in [6.07, 6.45) is 3.30. The van der Waals surface area contributed by atoms with Crippen LogP contribution in [-0.4, -0.2) is 49.3 Å². The van der Waals surface area contributed by atoms with E-state index in [-0.39, 0.29) is 30.3 Å². The second kappa shape index (κ2) is 14.5. The maximum Gasteiger partial charge on any atom is 0.341 e. The average molecular weight is 649 g/mol. The molecule has 1 aliphatic rings. The van der Waals surface area contributed by atoms with E-state index >= 15 is 0 Å². The Morgan fingerprint density at radius 2 is 1.87 bits per heavy atom. The van der Waals surface area contributed by atoms with Crippen molar-refractivity contribution in [2.24, 2.45) is 0 Å². The molecule has 2 amide bonds. The molecular formula is C31H32N6O6S2. The predicted octanol–water partition coefficient (Wildman–Crippen LogP) is 5.21. The first-order chi connectivity index (χ1) is 21.7. The van der Waals surface area contributed by atoms with Crippen LogP contribution < -0.4 is 10.6 Å². The minimum Gasteiger partial charge on any atom is -0.462 e. The number of carbonyl (C=O) groups is 3. The van der Waals surface area contributed by atoms with Crippen molar-refractivity contribution in [2.45, 2.75) is 63.0 Å². The van der Waals surface area contributed by atoms with Crippen molar-refractivity contribution in [2.75, 3.05) is 11.9 Å². The van der Waals surface area contributed by atoms with Crippen LogP contribution in [0.15, 0.2) is 59.8 Å². The number of aromatic nitrogens is 3. The van der Waals surface area contributed by atoms with Crippen LogP contribution in [0.4, 0.5) is 10.7 Å². The van der Waals surface area contributed by atoms with Gasteiger partial charge in [-0.1, -0.05) is 42.1 Å². The van der Waals surface area contributed by atoms with E-state index in [1.807, 2.05) is 34.9 Å². The van der Waals surface area contributed by atoms with Gasteiger partial charge in [0.2, 0.25) is 5.91 Å². The zero-order chi connectivity index (χ0) is 31.9. The monoisotopic (exact) mass is 648 g/mol. The molecule has 234 valence electrons. The second-order valence-electron chi connectivity index (χ2n) is 10.3. The van der Waals surface area contributed by atoms with Gasteiger partial charge in [-0.2, -0.15) is 0 Å². The lowest BCUT2D eigenvalue weighted by Crippen LogP contribution is -2.26. The number of esters is 1. The van der Waals surface area contributed by atoms with E-state index in [1.54, 1.807) is 13.8 Å². The number of anilines is 1. The van der Waals surface area contributed by atoms with Crippen molar-refractivity contribution in [1.82, 2.24) is 20.1 Å². The summed E-state index contributed by atoms with van der Waals surface area (Å²) >= 11 is 2.66. The molecular weight excluding hydrogens is 617 g/mol. The average Bonchev–Trinajstić information content (AvgIpc) is 3.74. The summed E-state index contributed by atoms with van der Waals surface area (Å²) in [5.74, 6) is -0.620. The molecule has 0 saturated heterocycles. The Morgan fingerprint density at radius 1 is 1.11 bits per heavy atom. The molecule has 45 heavy (non-hydrogen) atoms. The SMILES string of the molecule is CCOC(=O)c1c(NC(=O)C(C)Sc2nnc(CNC(=O)c3ccc([N+](=O)[O-])cc3)n2CCc2ccccc2)sc2c1CCC2. The largest absolute Gasteiger partial charge is 0.462 e. The Bertz CT molecular complexity index is 1700. The van der Waals surface area contributed by atoms with Gasteiger partial charge < -0.3 is 19.9 Å². The standard InChI is InChI=1S/C31H32N6O6S2/c1-3-43-30(40)26-23-10-7-11-24(23)45-29(26)33-27(38)19(2)44-31-35-34-25(36(31)17-16-20-8-5-4-6-9-20)18-32-28(39)21-12-14-22(15-13-21)37(41)42/h4-6,8-9,12-15,19H,3,7,10-11,16-18H2,1-2H3,(H,32,39)(H,33,38). The molecule has 2 heterocycles. The lowest BCUT2D eigenvalue weighted by Gasteiger charge is -2.14. The summed E-state index contributed by atoms with van der Waals surface area (Å²) in [4.78, 5) is 50.4. The molecule has 0 aliphatic heterocycles. The van der Waals surface area contributed by atoms with E-state index in [4.69, 9.17) is 4.74 Å². The van der Waals surface area contributed by atoms with E-state index in [0.29, 0.717) is 34.5 Å². The highest BCUT2D eigenvalue weighted by Crippen LogP contribution is 2.40. The van der Waals surface area contributed by atoms with Crippen LogP contribution in [0.1, 0.15) is 62.8 Å². The van der Waals surface area contributed by atoms with Gasteiger partial charge >= 0.3 is 5.97 Å². The number of amides is 2. The van der Waals surface area contributed by atoms with Gasteiger partial charge in [-0.15, -0.1) is 21.5 Å². The van der Waals surface area contributed by atoms with Crippen LogP contribution in [-0.2, 0) is 41.9 Å². The fourth-order valence-electron chi connectivity index (χ4n) is 4.98. The Labute approximate surface area is 267 Å². The predicted molar refractivity (Wildman–Crippen MR) is 171 cm³/mol. The first kappa shape index (κ1) is 31.9. The van der Waals surface area contributed by atoms with Crippen molar-refractivity contribution in [3.8, 4) is 0 Å². The highest BCUT2D eigenvalue weighted by atomic mass is 32.2. The zero-order valence-electron chi connectivity index (χ0n) is 24.8. The molecule has 14 heteroatoms. The molecule has 1 aliphatic carbocycles. The molecule has 0 saturated carbocycles. The number of thioether (sulfide) groups is 1. The van der Waals surface area contributed by atoms with E-state index in [9.17, 15) is 24.5 Å². The molecule has 0 fully saturated rings. The summed E-state index contributed by atoms with van der Waals surface area (Å²) < 4.78 is 7.16. The minimum absolute atomic E-state index is 0.0579. The molecule has 4 aromatic rings. The molecule has 2 aromatic heterocycles. The second-order valence-corrected chi connectivity index (χ2v) is 12.7. The molecule has 0 bridgehead atoms. The van der Waals surface area contributed by atoms with Gasteiger partial charge in [-0.25, -0.2) is 4.79 Å². The number of aryl methyl sites for hydroxylation is 2. The molecule has 12 nitrogen and oxygen atoms in total. The maximum absolute atomic E-state index is 13.4. The number of hydrogen-bond donors (Lipinski definition) is 2. The van der Waals surface area contributed by atoms with Crippen molar-refractivity contribution < 1.29 is 24.0 Å². The summed E-state index contributed by atoms with van der Waals surface area (Å²) in [7, 11) is 0. The van der Waals surface area contributed by atoms with Crippen molar-refractivity contribution in [3.63, 3.8) is 0 Å². The topological polar surface area (TPSA) is 158 Å². The van der Waals surface area contributed by atoms with Gasteiger partial charge in [0.1, 0.15) is 5.00 Å². The number of ether oxygens (including phenoxy) is 1. The Hall–Kier alpha value is -4.56. The summed E-state index contributed by atoms with van der Waals surface area (Å²) in [5, 5.41) is 25.8. The van der Waals surface area contributed by atoms with Gasteiger partial charge in [0.05, 0.1) is 28.9 Å². The number of non-ortho nitro benzene ring substituents is 1. The lowest BCUT2D eigenvalue weighted by atomic mass is 10.1. The lowest BCUT2D eigenvalue weighted by molar-refractivity contribution is -0.384. The number of nitro benzene ring substituents is 1. The number of hydrogen-bond acceptors (Lipinski definition) is 10. The summed E-state index contributed by atoms with van der Waals surface area (Å²) in [6.45, 7) is 4.32. The zero-order valence-corrected chi connectivity index (χ0v) is 26.4. The number of nitro groups is 1. The smallest absolute Gasteiger partial charge is 0.341 e. The fraction of sp³-hybridized carbons (Fsp3) is 0.323. The Balaban J connectivity index is 1.31. The number of carbonyl (C=O) groups excluding carboxylic acids is 3. The molecule has 1 unspecified atom stereocenters. The number of rotatable bonds is 13. The van der Waals surface area contributed by atoms with Gasteiger partial charge in [0.15, 0.2) is 11.0 Å². The van der Waals surface area contributed by atoms with Crippen molar-refractivity contribution >= 4 is 51.6 Å². The van der Waals surface area contributed by atoms with Gasteiger partial charge in [0, 0.05) is 29.1 Å². The third kappa shape index (κ3) is 7.57. The van der Waals surface area contributed by atoms with Gasteiger partial charge in [-0.05, 0) is 62.8 Å². The fourth-order valence-corrected chi connectivity index (χ4v) is 7.15. The van der Waals surface area contributed by atoms with Crippen LogP contribution in [0.3, 0.4) is 0 Å². The number of thiophene rings is 1. The molecule has 0 radical (unpaired) electrons. The normalized spacial score (nSPS) is 12.8. The molecule has 1 atom stereocenters. The molecule has 2 N–H and O–H groups in total. The Kier molecular flexibility index (Phi) is 10.2. The van der Waals surface area contributed by atoms with Crippen LogP contribution in [0, 0.1) is 10.1 Å². The van der Waals surface area contributed by atoms with Crippen LogP contribution in [0.25, 0.3) is 0 Å². The number of benzene rings is 2. The highest BCUT2D eigenvalue weighted by Gasteiger charge is 2.30. The van der Waals surface area contributed by atoms with Crippen LogP contribution in [0.5, 0.6) is 0 Å². The number of fused-ring (bicyclic) bond motifs is 1. The van der Waals surface area contributed by atoms with Crippen LogP contribution in [0.2, 0.25) is 0 Å². The van der Waals surface area contributed by atoms with E-state index in [1.165, 1.54) is 47.4 Å². The Morgan fingerprint density at radius 3 is 2.58 bits per heavy atom. The van der Waals surface area contributed by atoms with Crippen molar-refractivity contribution in [1.29, 1.82) is 0 Å². The summed E-state index contributed by atoms with van der Waals surface area (Å²) in [6, 6.07) is 15.2. The highest BCUT2D eigenvalue weighted by molar-refractivity contribution is 8.00. The molecule has 5 rings (SSSR count). The van der Waals surface area contributed by atoms with E-state index in [2.05, 4.69) is 20.8 Å². The third-order valence-corrected chi connectivity index (χ3v) is 9.58. The number of nitrogens with one attached hydrogen (secondary N) is 2. The van der Waals surface area contributed by atoms with Crippen LogP contribution >= 0.6 is 23.1 Å².